The zero-order valence-electron chi connectivity index (χ0n) is 18.8. The Kier molecular flexibility index (Phi) is 8.01. The second-order valence-electron chi connectivity index (χ2n) is 8.95. The van der Waals surface area contributed by atoms with Gasteiger partial charge in [0, 0.05) is 25.5 Å². The van der Waals surface area contributed by atoms with E-state index in [9.17, 15) is 14.7 Å². The van der Waals surface area contributed by atoms with Crippen LogP contribution in [0.4, 0.5) is 0 Å². The zero-order chi connectivity index (χ0) is 23.0. The predicted molar refractivity (Wildman–Crippen MR) is 122 cm³/mol. The maximum Gasteiger partial charge on any atom is 0.271 e. The van der Waals surface area contributed by atoms with Gasteiger partial charge in [0.15, 0.2) is 0 Å². The average Bonchev–Trinajstić information content (AvgIpc) is 2.86. The molecule has 4 rings (SSSR count). The Morgan fingerprint density at radius 3 is 2.58 bits per heavy atom. The third-order valence-corrected chi connectivity index (χ3v) is 6.64. The number of aliphatic hydroxyl groups is 1. The monoisotopic (exact) mass is 452 g/mol. The van der Waals surface area contributed by atoms with Gasteiger partial charge in [-0.1, -0.05) is 30.3 Å². The third kappa shape index (κ3) is 6.36. The van der Waals surface area contributed by atoms with Crippen molar-refractivity contribution in [2.45, 2.75) is 56.8 Å². The summed E-state index contributed by atoms with van der Waals surface area (Å²) < 4.78 is 6.00. The first-order valence-corrected chi connectivity index (χ1v) is 11.8. The SMILES string of the molecule is O=C(N[C@H]1CC[C@H](CC(=O)N2CCC(Cc3ccccc3)CC2)O[C@H]1CO)c1cnccn1. The maximum atomic E-state index is 12.9. The van der Waals surface area contributed by atoms with Crippen molar-refractivity contribution in [2.24, 2.45) is 5.92 Å². The van der Waals surface area contributed by atoms with E-state index in [2.05, 4.69) is 39.6 Å². The van der Waals surface area contributed by atoms with Crippen molar-refractivity contribution >= 4 is 11.8 Å². The van der Waals surface area contributed by atoms with Gasteiger partial charge in [-0.3, -0.25) is 14.6 Å². The summed E-state index contributed by atoms with van der Waals surface area (Å²) in [6.45, 7) is 1.34. The van der Waals surface area contributed by atoms with E-state index < -0.39 is 6.10 Å². The lowest BCUT2D eigenvalue weighted by molar-refractivity contribution is -0.141. The van der Waals surface area contributed by atoms with Crippen LogP contribution < -0.4 is 5.32 Å². The molecule has 2 aliphatic rings. The number of aliphatic hydroxyl groups excluding tert-OH is 1. The van der Waals surface area contributed by atoms with Crippen molar-refractivity contribution in [3.05, 3.63) is 60.2 Å². The zero-order valence-corrected chi connectivity index (χ0v) is 18.8. The van der Waals surface area contributed by atoms with Gasteiger partial charge in [0.2, 0.25) is 5.91 Å². The lowest BCUT2D eigenvalue weighted by Crippen LogP contribution is -2.52. The van der Waals surface area contributed by atoms with Gasteiger partial charge in [-0.15, -0.1) is 0 Å². The van der Waals surface area contributed by atoms with Gasteiger partial charge in [-0.2, -0.15) is 0 Å². The number of nitrogens with one attached hydrogen (secondary N) is 1. The highest BCUT2D eigenvalue weighted by molar-refractivity contribution is 5.92. The Balaban J connectivity index is 1.22. The lowest BCUT2D eigenvalue weighted by Gasteiger charge is -2.37. The molecule has 2 saturated heterocycles. The maximum absolute atomic E-state index is 12.9. The highest BCUT2D eigenvalue weighted by Gasteiger charge is 2.34. The molecule has 8 heteroatoms. The number of carbonyl (C=O) groups excluding carboxylic acids is 2. The van der Waals surface area contributed by atoms with E-state index in [4.69, 9.17) is 4.74 Å². The molecule has 2 fully saturated rings. The topological polar surface area (TPSA) is 105 Å². The van der Waals surface area contributed by atoms with Gasteiger partial charge in [0.05, 0.1) is 31.4 Å². The van der Waals surface area contributed by atoms with Crippen LogP contribution in [-0.2, 0) is 16.0 Å². The normalized spacial score (nSPS) is 23.8. The van der Waals surface area contributed by atoms with Crippen LogP contribution >= 0.6 is 0 Å². The Morgan fingerprint density at radius 1 is 1.09 bits per heavy atom. The molecule has 0 aliphatic carbocycles. The van der Waals surface area contributed by atoms with Crippen molar-refractivity contribution in [1.82, 2.24) is 20.2 Å². The highest BCUT2D eigenvalue weighted by atomic mass is 16.5. The molecule has 2 aromatic rings. The molecule has 0 saturated carbocycles. The molecule has 1 aromatic carbocycles. The number of ether oxygens (including phenoxy) is 1. The minimum atomic E-state index is -0.547. The van der Waals surface area contributed by atoms with E-state index in [1.54, 1.807) is 0 Å². The number of carbonyl (C=O) groups is 2. The van der Waals surface area contributed by atoms with Gasteiger partial charge in [-0.25, -0.2) is 4.98 Å². The molecule has 8 nitrogen and oxygen atoms in total. The van der Waals surface area contributed by atoms with E-state index in [0.29, 0.717) is 25.2 Å². The Morgan fingerprint density at radius 2 is 1.88 bits per heavy atom. The fourth-order valence-electron chi connectivity index (χ4n) is 4.76. The van der Waals surface area contributed by atoms with Crippen LogP contribution in [0.2, 0.25) is 0 Å². The second-order valence-corrected chi connectivity index (χ2v) is 8.95. The molecule has 176 valence electrons. The lowest BCUT2D eigenvalue weighted by atomic mass is 9.90. The van der Waals surface area contributed by atoms with Crippen LogP contribution in [0.1, 0.15) is 48.2 Å². The Labute approximate surface area is 194 Å². The number of piperidine rings is 1. The van der Waals surface area contributed by atoms with E-state index in [1.807, 2.05) is 11.0 Å². The van der Waals surface area contributed by atoms with E-state index in [-0.39, 0.29) is 36.3 Å². The molecule has 2 aliphatic heterocycles. The van der Waals surface area contributed by atoms with Crippen LogP contribution in [0.15, 0.2) is 48.9 Å². The Bertz CT molecular complexity index is 903. The molecule has 0 radical (unpaired) electrons. The largest absolute Gasteiger partial charge is 0.394 e. The molecule has 3 atom stereocenters. The van der Waals surface area contributed by atoms with Crippen LogP contribution in [0.3, 0.4) is 0 Å². The standard InChI is InChI=1S/C25H32N4O4/c30-17-23-21(28-25(32)22-16-26-10-11-27-22)7-6-20(33-23)15-24(31)29-12-8-19(9-13-29)14-18-4-2-1-3-5-18/h1-5,10-11,16,19-21,23,30H,6-9,12-15,17H2,(H,28,32)/t20-,21+,23+/m1/s1. The molecule has 2 N–H and O–H groups in total. The number of benzene rings is 1. The quantitative estimate of drug-likeness (QED) is 0.666. The summed E-state index contributed by atoms with van der Waals surface area (Å²) in [6.07, 6.45) is 8.26. The van der Waals surface area contributed by atoms with Crippen LogP contribution in [-0.4, -0.2) is 69.7 Å². The molecular formula is C25H32N4O4. The van der Waals surface area contributed by atoms with Gasteiger partial charge >= 0.3 is 0 Å². The van der Waals surface area contributed by atoms with Crippen molar-refractivity contribution in [3.63, 3.8) is 0 Å². The number of rotatable bonds is 7. The van der Waals surface area contributed by atoms with Crippen LogP contribution in [0.5, 0.6) is 0 Å². The smallest absolute Gasteiger partial charge is 0.271 e. The van der Waals surface area contributed by atoms with Crippen LogP contribution in [0.25, 0.3) is 0 Å². The van der Waals surface area contributed by atoms with Gasteiger partial charge in [-0.05, 0) is 43.6 Å². The first-order chi connectivity index (χ1) is 16.1. The van der Waals surface area contributed by atoms with Crippen molar-refractivity contribution < 1.29 is 19.4 Å². The fourth-order valence-corrected chi connectivity index (χ4v) is 4.76. The summed E-state index contributed by atoms with van der Waals surface area (Å²) in [4.78, 5) is 35.1. The highest BCUT2D eigenvalue weighted by Crippen LogP contribution is 2.25. The summed E-state index contributed by atoms with van der Waals surface area (Å²) >= 11 is 0. The summed E-state index contributed by atoms with van der Waals surface area (Å²) in [7, 11) is 0. The fraction of sp³-hybridized carbons (Fsp3) is 0.520. The van der Waals surface area contributed by atoms with Gasteiger partial charge in [0.25, 0.3) is 5.91 Å². The number of hydrogen-bond acceptors (Lipinski definition) is 6. The predicted octanol–water partition coefficient (Wildman–Crippen LogP) is 1.99. The summed E-state index contributed by atoms with van der Waals surface area (Å²) in [5.74, 6) is 0.375. The first-order valence-electron chi connectivity index (χ1n) is 11.8. The second kappa shape index (κ2) is 11.3. The van der Waals surface area contributed by atoms with Gasteiger partial charge < -0.3 is 20.1 Å². The molecule has 3 heterocycles. The van der Waals surface area contributed by atoms with Crippen molar-refractivity contribution in [2.75, 3.05) is 19.7 Å². The number of aromatic nitrogens is 2. The molecule has 1 aromatic heterocycles. The van der Waals surface area contributed by atoms with E-state index in [0.717, 1.165) is 32.4 Å². The number of hydrogen-bond donors (Lipinski definition) is 2. The molecule has 0 spiro atoms. The molecule has 0 unspecified atom stereocenters. The third-order valence-electron chi connectivity index (χ3n) is 6.64. The first kappa shape index (κ1) is 23.3. The number of amides is 2. The summed E-state index contributed by atoms with van der Waals surface area (Å²) in [5, 5.41) is 12.7. The number of nitrogens with zero attached hydrogens (tertiary/aromatic N) is 3. The molecule has 33 heavy (non-hydrogen) atoms. The van der Waals surface area contributed by atoms with Crippen molar-refractivity contribution in [1.29, 1.82) is 0 Å². The van der Waals surface area contributed by atoms with E-state index in [1.165, 1.54) is 24.2 Å². The van der Waals surface area contributed by atoms with Crippen LogP contribution in [0, 0.1) is 5.92 Å². The minimum Gasteiger partial charge on any atom is -0.394 e. The number of likely N-dealkylation sites (tertiary alicyclic amines) is 1. The minimum absolute atomic E-state index is 0.108. The van der Waals surface area contributed by atoms with Crippen molar-refractivity contribution in [3.8, 4) is 0 Å². The molecule has 0 bridgehead atoms. The molecule has 2 amide bonds. The Hall–Kier alpha value is -2.84. The van der Waals surface area contributed by atoms with E-state index >= 15 is 0 Å². The summed E-state index contributed by atoms with van der Waals surface area (Å²) in [5.41, 5.74) is 1.58. The van der Waals surface area contributed by atoms with Gasteiger partial charge in [0.1, 0.15) is 11.8 Å². The molecular weight excluding hydrogens is 420 g/mol. The average molecular weight is 453 g/mol. The summed E-state index contributed by atoms with van der Waals surface area (Å²) in [6, 6.07) is 10.2.